The van der Waals surface area contributed by atoms with Crippen molar-refractivity contribution in [2.75, 3.05) is 18.5 Å². The Bertz CT molecular complexity index is 748. The number of ether oxygens (including phenoxy) is 1. The Hall–Kier alpha value is -2.34. The summed E-state index contributed by atoms with van der Waals surface area (Å²) in [6.07, 6.45) is 3.58. The molecule has 0 spiro atoms. The Morgan fingerprint density at radius 3 is 3.09 bits per heavy atom. The number of amides is 2. The molecular formula is C16H19N3O3. The lowest BCUT2D eigenvalue weighted by atomic mass is 10.1. The number of fused-ring (bicyclic) bond motifs is 1. The first kappa shape index (κ1) is 14.6. The molecule has 0 radical (unpaired) electrons. The van der Waals surface area contributed by atoms with Gasteiger partial charge in [0.1, 0.15) is 5.69 Å². The lowest BCUT2D eigenvalue weighted by Gasteiger charge is -2.12. The maximum atomic E-state index is 12.4. The van der Waals surface area contributed by atoms with Crippen molar-refractivity contribution in [3.05, 3.63) is 40.2 Å². The van der Waals surface area contributed by atoms with E-state index < -0.39 is 6.03 Å². The first-order valence-corrected chi connectivity index (χ1v) is 7.42. The van der Waals surface area contributed by atoms with Gasteiger partial charge in [0.2, 0.25) is 5.43 Å². The molecular weight excluding hydrogens is 282 g/mol. The lowest BCUT2D eigenvalue weighted by Crippen LogP contribution is -2.36. The zero-order valence-electron chi connectivity index (χ0n) is 12.4. The fourth-order valence-corrected chi connectivity index (χ4v) is 2.67. The number of para-hydroxylation sites is 1. The van der Waals surface area contributed by atoms with Crippen molar-refractivity contribution in [1.29, 1.82) is 0 Å². The quantitative estimate of drug-likeness (QED) is 0.812. The number of nitrogens with one attached hydrogen (secondary N) is 3. The van der Waals surface area contributed by atoms with E-state index in [4.69, 9.17) is 4.74 Å². The maximum Gasteiger partial charge on any atom is 0.319 e. The summed E-state index contributed by atoms with van der Waals surface area (Å²) >= 11 is 0. The highest BCUT2D eigenvalue weighted by Crippen LogP contribution is 2.14. The van der Waals surface area contributed by atoms with Gasteiger partial charge in [-0.15, -0.1) is 0 Å². The van der Waals surface area contributed by atoms with E-state index in [0.29, 0.717) is 11.9 Å². The first-order chi connectivity index (χ1) is 10.6. The molecule has 1 aromatic heterocycles. The van der Waals surface area contributed by atoms with Gasteiger partial charge in [0, 0.05) is 24.7 Å². The second kappa shape index (κ2) is 6.19. The molecule has 3 rings (SSSR count). The van der Waals surface area contributed by atoms with Crippen molar-refractivity contribution in [2.45, 2.75) is 25.9 Å². The van der Waals surface area contributed by atoms with Crippen LogP contribution in [0.25, 0.3) is 10.9 Å². The molecule has 0 aliphatic carbocycles. The van der Waals surface area contributed by atoms with Gasteiger partial charge in [0.05, 0.1) is 11.6 Å². The number of rotatable bonds is 3. The number of aryl methyl sites for hydroxylation is 1. The number of aromatic amines is 1. The number of carbonyl (C=O) groups excluding carboxylic acids is 1. The van der Waals surface area contributed by atoms with Crippen molar-refractivity contribution >= 4 is 22.6 Å². The van der Waals surface area contributed by atoms with Crippen molar-refractivity contribution < 1.29 is 9.53 Å². The van der Waals surface area contributed by atoms with E-state index >= 15 is 0 Å². The number of aromatic nitrogens is 1. The summed E-state index contributed by atoms with van der Waals surface area (Å²) in [4.78, 5) is 27.3. The van der Waals surface area contributed by atoms with Crippen LogP contribution >= 0.6 is 0 Å². The normalized spacial score (nSPS) is 17.6. The maximum absolute atomic E-state index is 12.4. The monoisotopic (exact) mass is 301 g/mol. The topological polar surface area (TPSA) is 83.2 Å². The summed E-state index contributed by atoms with van der Waals surface area (Å²) in [5, 5.41) is 5.89. The Morgan fingerprint density at radius 2 is 2.32 bits per heavy atom. The van der Waals surface area contributed by atoms with Gasteiger partial charge in [-0.1, -0.05) is 12.1 Å². The van der Waals surface area contributed by atoms with Crippen molar-refractivity contribution in [3.63, 3.8) is 0 Å². The second-order valence-electron chi connectivity index (χ2n) is 5.50. The van der Waals surface area contributed by atoms with E-state index in [1.165, 1.54) is 6.20 Å². The standard InChI is InChI=1S/C16H19N3O3/c1-10-4-2-6-12-14(10)17-9-13(15(12)20)19-16(21)18-8-11-5-3-7-22-11/h2,4,6,9,11H,3,5,7-8H2,1H3,(H,17,20)(H2,18,19,21)/t11-/m1/s1. The van der Waals surface area contributed by atoms with Gasteiger partial charge in [0.15, 0.2) is 0 Å². The average molecular weight is 301 g/mol. The number of benzene rings is 1. The molecule has 1 aliphatic rings. The molecule has 0 bridgehead atoms. The number of hydrogen-bond acceptors (Lipinski definition) is 3. The molecule has 2 heterocycles. The van der Waals surface area contributed by atoms with Crippen LogP contribution in [0.3, 0.4) is 0 Å². The van der Waals surface area contributed by atoms with E-state index in [-0.39, 0.29) is 17.2 Å². The van der Waals surface area contributed by atoms with Crippen LogP contribution in [0.5, 0.6) is 0 Å². The van der Waals surface area contributed by atoms with Crippen LogP contribution in [-0.2, 0) is 4.74 Å². The predicted molar refractivity (Wildman–Crippen MR) is 85.3 cm³/mol. The van der Waals surface area contributed by atoms with Crippen LogP contribution in [0.15, 0.2) is 29.2 Å². The Kier molecular flexibility index (Phi) is 4.11. The molecule has 1 saturated heterocycles. The second-order valence-corrected chi connectivity index (χ2v) is 5.50. The fourth-order valence-electron chi connectivity index (χ4n) is 2.67. The van der Waals surface area contributed by atoms with Crippen LogP contribution in [-0.4, -0.2) is 30.3 Å². The highest BCUT2D eigenvalue weighted by molar-refractivity contribution is 5.92. The van der Waals surface area contributed by atoms with Crippen LogP contribution in [0.4, 0.5) is 10.5 Å². The van der Waals surface area contributed by atoms with Crippen molar-refractivity contribution in [2.24, 2.45) is 0 Å². The molecule has 0 unspecified atom stereocenters. The van der Waals surface area contributed by atoms with E-state index in [1.54, 1.807) is 6.07 Å². The first-order valence-electron chi connectivity index (χ1n) is 7.42. The SMILES string of the molecule is Cc1cccc2c(=O)c(NC(=O)NC[C@H]3CCCO3)c[nH]c12. The minimum Gasteiger partial charge on any atom is -0.376 e. The molecule has 1 fully saturated rings. The number of pyridine rings is 1. The molecule has 116 valence electrons. The third-order valence-electron chi connectivity index (χ3n) is 3.89. The molecule has 0 saturated carbocycles. The van der Waals surface area contributed by atoms with E-state index in [9.17, 15) is 9.59 Å². The van der Waals surface area contributed by atoms with Gasteiger partial charge in [-0.3, -0.25) is 4.79 Å². The molecule has 6 nitrogen and oxygen atoms in total. The van der Waals surface area contributed by atoms with Crippen LogP contribution in [0.2, 0.25) is 0 Å². The van der Waals surface area contributed by atoms with Gasteiger partial charge in [-0.2, -0.15) is 0 Å². The van der Waals surface area contributed by atoms with Gasteiger partial charge in [-0.05, 0) is 31.4 Å². The number of hydrogen-bond donors (Lipinski definition) is 3. The molecule has 1 aliphatic heterocycles. The smallest absolute Gasteiger partial charge is 0.319 e. The third-order valence-corrected chi connectivity index (χ3v) is 3.89. The van der Waals surface area contributed by atoms with Gasteiger partial charge >= 0.3 is 6.03 Å². The largest absolute Gasteiger partial charge is 0.376 e. The Labute approximate surface area is 127 Å². The number of urea groups is 1. The van der Waals surface area contributed by atoms with Gasteiger partial charge < -0.3 is 20.4 Å². The van der Waals surface area contributed by atoms with Crippen molar-refractivity contribution in [1.82, 2.24) is 10.3 Å². The minimum atomic E-state index is -0.395. The highest BCUT2D eigenvalue weighted by atomic mass is 16.5. The van der Waals surface area contributed by atoms with Crippen LogP contribution in [0.1, 0.15) is 18.4 Å². The predicted octanol–water partition coefficient (Wildman–Crippen LogP) is 2.14. The van der Waals surface area contributed by atoms with E-state index in [0.717, 1.165) is 30.5 Å². The Balaban J connectivity index is 1.72. The zero-order chi connectivity index (χ0) is 15.5. The molecule has 1 aromatic carbocycles. The van der Waals surface area contributed by atoms with Gasteiger partial charge in [-0.25, -0.2) is 4.79 Å². The minimum absolute atomic E-state index is 0.0725. The zero-order valence-corrected chi connectivity index (χ0v) is 12.4. The average Bonchev–Trinajstić information content (AvgIpc) is 3.02. The molecule has 2 aromatic rings. The van der Waals surface area contributed by atoms with E-state index in [2.05, 4.69) is 15.6 Å². The number of carbonyl (C=O) groups is 1. The number of anilines is 1. The van der Waals surface area contributed by atoms with E-state index in [1.807, 2.05) is 19.1 Å². The third kappa shape index (κ3) is 2.96. The summed E-state index contributed by atoms with van der Waals surface area (Å²) in [6, 6.07) is 5.11. The lowest BCUT2D eigenvalue weighted by molar-refractivity contribution is 0.112. The molecule has 2 amide bonds. The summed E-state index contributed by atoms with van der Waals surface area (Å²) in [5.41, 5.74) is 1.83. The summed E-state index contributed by atoms with van der Waals surface area (Å²) in [7, 11) is 0. The fraction of sp³-hybridized carbons (Fsp3) is 0.375. The van der Waals surface area contributed by atoms with Gasteiger partial charge in [0.25, 0.3) is 0 Å². The van der Waals surface area contributed by atoms with Crippen molar-refractivity contribution in [3.8, 4) is 0 Å². The highest BCUT2D eigenvalue weighted by Gasteiger charge is 2.16. The van der Waals surface area contributed by atoms with Crippen LogP contribution in [0, 0.1) is 6.92 Å². The summed E-state index contributed by atoms with van der Waals surface area (Å²) in [5.74, 6) is 0. The molecule has 6 heteroatoms. The molecule has 1 atom stereocenters. The van der Waals surface area contributed by atoms with Crippen LogP contribution < -0.4 is 16.1 Å². The Morgan fingerprint density at radius 1 is 1.45 bits per heavy atom. The molecule has 3 N–H and O–H groups in total. The number of H-pyrrole nitrogens is 1. The summed E-state index contributed by atoms with van der Waals surface area (Å²) < 4.78 is 5.44. The molecule has 22 heavy (non-hydrogen) atoms. The summed E-state index contributed by atoms with van der Waals surface area (Å²) in [6.45, 7) is 3.13.